The maximum atomic E-state index is 5.88. The van der Waals surface area contributed by atoms with Crippen LogP contribution in [0.4, 0.5) is 0 Å². The van der Waals surface area contributed by atoms with Gasteiger partial charge in [0, 0.05) is 19.6 Å². The first-order valence-electron chi connectivity index (χ1n) is 7.80. The summed E-state index contributed by atoms with van der Waals surface area (Å²) in [5, 5.41) is 4.11. The molecule has 6 nitrogen and oxygen atoms in total. The van der Waals surface area contributed by atoms with Crippen LogP contribution < -0.4 is 5.73 Å². The lowest BCUT2D eigenvalue weighted by Gasteiger charge is -2.30. The zero-order valence-corrected chi connectivity index (χ0v) is 13.6. The lowest BCUT2D eigenvalue weighted by molar-refractivity contribution is -0.0334. The van der Waals surface area contributed by atoms with Crippen LogP contribution in [0.25, 0.3) is 0 Å². The van der Waals surface area contributed by atoms with Crippen molar-refractivity contribution in [3.63, 3.8) is 0 Å². The number of likely N-dealkylation sites (N-methyl/N-ethyl adjacent to an activating group) is 1. The second kappa shape index (κ2) is 6.85. The minimum absolute atomic E-state index is 0.0933. The summed E-state index contributed by atoms with van der Waals surface area (Å²) in [5.41, 5.74) is 6.06. The molecule has 1 aromatic heterocycles. The highest BCUT2D eigenvalue weighted by Crippen LogP contribution is 2.30. The van der Waals surface area contributed by atoms with E-state index in [2.05, 4.69) is 42.7 Å². The van der Waals surface area contributed by atoms with Crippen molar-refractivity contribution >= 4 is 0 Å². The van der Waals surface area contributed by atoms with Gasteiger partial charge in [-0.3, -0.25) is 4.90 Å². The predicted molar refractivity (Wildman–Crippen MR) is 81.0 cm³/mol. The van der Waals surface area contributed by atoms with Gasteiger partial charge < -0.3 is 15.0 Å². The second-order valence-corrected chi connectivity index (χ2v) is 6.94. The lowest BCUT2D eigenvalue weighted by Crippen LogP contribution is -2.38. The first-order valence-corrected chi connectivity index (χ1v) is 7.80. The summed E-state index contributed by atoms with van der Waals surface area (Å²) in [6.07, 6.45) is 0.835. The lowest BCUT2D eigenvalue weighted by atomic mass is 9.84. The zero-order valence-electron chi connectivity index (χ0n) is 13.6. The third-order valence-electron chi connectivity index (χ3n) is 3.84. The van der Waals surface area contributed by atoms with Gasteiger partial charge in [-0.2, -0.15) is 4.98 Å². The highest BCUT2D eigenvalue weighted by Gasteiger charge is 2.28. The topological polar surface area (TPSA) is 77.4 Å². The molecular weight excluding hydrogens is 268 g/mol. The number of ether oxygens (including phenoxy) is 1. The second-order valence-electron chi connectivity index (χ2n) is 6.94. The molecule has 0 aliphatic carbocycles. The van der Waals surface area contributed by atoms with Gasteiger partial charge in [0.2, 0.25) is 11.7 Å². The minimum atomic E-state index is -0.0933. The SMILES string of the molecule is CCN1CCOC(c2noc(C(CN)CC(C)(C)C)n2)C1. The standard InChI is InChI=1S/C15H28N4O2/c1-5-19-6-7-20-12(10-19)13-17-14(21-18-13)11(9-16)8-15(2,3)4/h11-12H,5-10,16H2,1-4H3. The van der Waals surface area contributed by atoms with Crippen LogP contribution in [0.2, 0.25) is 0 Å². The Labute approximate surface area is 127 Å². The third kappa shape index (κ3) is 4.49. The molecule has 1 aromatic rings. The zero-order chi connectivity index (χ0) is 15.5. The van der Waals surface area contributed by atoms with Crippen LogP contribution in [-0.2, 0) is 4.74 Å². The first-order chi connectivity index (χ1) is 9.93. The van der Waals surface area contributed by atoms with Gasteiger partial charge in [0.1, 0.15) is 6.10 Å². The van der Waals surface area contributed by atoms with E-state index in [1.165, 1.54) is 0 Å². The van der Waals surface area contributed by atoms with Crippen molar-refractivity contribution in [1.82, 2.24) is 15.0 Å². The van der Waals surface area contributed by atoms with Crippen molar-refractivity contribution in [3.8, 4) is 0 Å². The molecule has 0 aromatic carbocycles. The minimum Gasteiger partial charge on any atom is -0.367 e. The van der Waals surface area contributed by atoms with Gasteiger partial charge in [-0.05, 0) is 18.4 Å². The molecule has 0 spiro atoms. The summed E-state index contributed by atoms with van der Waals surface area (Å²) in [5.74, 6) is 1.40. The Morgan fingerprint density at radius 1 is 1.43 bits per heavy atom. The third-order valence-corrected chi connectivity index (χ3v) is 3.84. The fourth-order valence-electron chi connectivity index (χ4n) is 2.70. The van der Waals surface area contributed by atoms with E-state index in [1.54, 1.807) is 0 Å². The van der Waals surface area contributed by atoms with E-state index in [1.807, 2.05) is 0 Å². The van der Waals surface area contributed by atoms with Crippen molar-refractivity contribution in [3.05, 3.63) is 11.7 Å². The number of rotatable bonds is 5. The fraction of sp³-hybridized carbons (Fsp3) is 0.867. The number of hydrogen-bond donors (Lipinski definition) is 1. The van der Waals surface area contributed by atoms with E-state index in [-0.39, 0.29) is 17.4 Å². The van der Waals surface area contributed by atoms with Crippen molar-refractivity contribution in [2.75, 3.05) is 32.8 Å². The largest absolute Gasteiger partial charge is 0.367 e. The van der Waals surface area contributed by atoms with Gasteiger partial charge in [0.05, 0.1) is 12.5 Å². The molecule has 0 radical (unpaired) electrons. The molecule has 1 aliphatic heterocycles. The molecule has 0 bridgehead atoms. The summed E-state index contributed by atoms with van der Waals surface area (Å²) in [6.45, 7) is 12.8. The van der Waals surface area contributed by atoms with E-state index < -0.39 is 0 Å². The maximum Gasteiger partial charge on any atom is 0.231 e. The van der Waals surface area contributed by atoms with Gasteiger partial charge in [0.25, 0.3) is 0 Å². The van der Waals surface area contributed by atoms with Crippen LogP contribution in [0.3, 0.4) is 0 Å². The average Bonchev–Trinajstić information content (AvgIpc) is 2.93. The van der Waals surface area contributed by atoms with Gasteiger partial charge in [-0.15, -0.1) is 0 Å². The highest BCUT2D eigenvalue weighted by molar-refractivity contribution is 5.00. The number of nitrogens with two attached hydrogens (primary N) is 1. The predicted octanol–water partition coefficient (Wildman–Crippen LogP) is 1.94. The van der Waals surface area contributed by atoms with Crippen LogP contribution >= 0.6 is 0 Å². The first kappa shape index (κ1) is 16.4. The summed E-state index contributed by atoms with van der Waals surface area (Å²) in [6, 6.07) is 0. The maximum absolute atomic E-state index is 5.88. The Kier molecular flexibility index (Phi) is 5.35. The molecule has 2 rings (SSSR count). The Morgan fingerprint density at radius 2 is 2.19 bits per heavy atom. The van der Waals surface area contributed by atoms with E-state index in [4.69, 9.17) is 15.0 Å². The molecule has 120 valence electrons. The van der Waals surface area contributed by atoms with Crippen molar-refractivity contribution in [2.24, 2.45) is 11.1 Å². The van der Waals surface area contributed by atoms with Crippen molar-refractivity contribution < 1.29 is 9.26 Å². The molecular formula is C15H28N4O2. The summed E-state index contributed by atoms with van der Waals surface area (Å²) >= 11 is 0. The Bertz CT molecular complexity index is 441. The van der Waals surface area contributed by atoms with Gasteiger partial charge in [-0.25, -0.2) is 0 Å². The smallest absolute Gasteiger partial charge is 0.231 e. The van der Waals surface area contributed by atoms with Crippen molar-refractivity contribution in [2.45, 2.75) is 46.1 Å². The normalized spacial score (nSPS) is 22.4. The molecule has 2 heterocycles. The van der Waals surface area contributed by atoms with E-state index in [0.717, 1.165) is 26.1 Å². The molecule has 2 unspecified atom stereocenters. The molecule has 0 saturated carbocycles. The highest BCUT2D eigenvalue weighted by atomic mass is 16.5. The van der Waals surface area contributed by atoms with Crippen LogP contribution in [0.15, 0.2) is 4.52 Å². The van der Waals surface area contributed by atoms with E-state index >= 15 is 0 Å². The quantitative estimate of drug-likeness (QED) is 0.894. The summed E-state index contributed by atoms with van der Waals surface area (Å²) in [7, 11) is 0. The molecule has 1 fully saturated rings. The van der Waals surface area contributed by atoms with Crippen LogP contribution in [0.1, 0.15) is 57.9 Å². The van der Waals surface area contributed by atoms with Crippen LogP contribution in [0, 0.1) is 5.41 Å². The number of nitrogens with zero attached hydrogens (tertiary/aromatic N) is 3. The summed E-state index contributed by atoms with van der Waals surface area (Å²) < 4.78 is 11.2. The number of aromatic nitrogens is 2. The number of morpholine rings is 1. The monoisotopic (exact) mass is 296 g/mol. The fourth-order valence-corrected chi connectivity index (χ4v) is 2.70. The Balaban J connectivity index is 2.06. The van der Waals surface area contributed by atoms with E-state index in [0.29, 0.717) is 24.9 Å². The molecule has 21 heavy (non-hydrogen) atoms. The molecule has 1 saturated heterocycles. The van der Waals surface area contributed by atoms with Crippen molar-refractivity contribution in [1.29, 1.82) is 0 Å². The van der Waals surface area contributed by atoms with Crippen LogP contribution in [0.5, 0.6) is 0 Å². The Hall–Kier alpha value is -0.980. The van der Waals surface area contributed by atoms with Gasteiger partial charge in [0.15, 0.2) is 0 Å². The molecule has 6 heteroatoms. The molecule has 1 aliphatic rings. The van der Waals surface area contributed by atoms with Gasteiger partial charge >= 0.3 is 0 Å². The van der Waals surface area contributed by atoms with Crippen LogP contribution in [-0.4, -0.2) is 47.8 Å². The van der Waals surface area contributed by atoms with E-state index in [9.17, 15) is 0 Å². The molecule has 0 amide bonds. The molecule has 2 N–H and O–H groups in total. The molecule has 2 atom stereocenters. The number of hydrogen-bond acceptors (Lipinski definition) is 6. The van der Waals surface area contributed by atoms with Gasteiger partial charge in [-0.1, -0.05) is 32.9 Å². The summed E-state index contributed by atoms with van der Waals surface area (Å²) in [4.78, 5) is 6.88. The average molecular weight is 296 g/mol. The Morgan fingerprint density at radius 3 is 2.81 bits per heavy atom.